The summed E-state index contributed by atoms with van der Waals surface area (Å²) in [4.78, 5) is 8.00. The molecule has 0 aliphatic rings. The monoisotopic (exact) mass is 283 g/mol. The number of anilines is 2. The second-order valence-electron chi connectivity index (χ2n) is 2.83. The van der Waals surface area contributed by atoms with Gasteiger partial charge in [0.2, 0.25) is 0 Å². The minimum absolute atomic E-state index is 0.361. The second kappa shape index (κ2) is 4.59. The van der Waals surface area contributed by atoms with Crippen LogP contribution in [0.3, 0.4) is 0 Å². The van der Waals surface area contributed by atoms with Gasteiger partial charge in [0, 0.05) is 22.6 Å². The molecule has 15 heavy (non-hydrogen) atoms. The zero-order chi connectivity index (χ0) is 10.7. The number of nitrogens with zero attached hydrogens (tertiary/aromatic N) is 2. The molecule has 76 valence electrons. The summed E-state index contributed by atoms with van der Waals surface area (Å²) in [5.74, 6) is 0.557. The molecule has 0 aliphatic heterocycles. The summed E-state index contributed by atoms with van der Waals surface area (Å²) in [5, 5.41) is 3.43. The van der Waals surface area contributed by atoms with Gasteiger partial charge in [-0.2, -0.15) is 0 Å². The second-order valence-corrected chi connectivity index (χ2v) is 4.10. The van der Waals surface area contributed by atoms with Crippen LogP contribution < -0.4 is 5.32 Å². The molecule has 0 fully saturated rings. The standard InChI is InChI=1S/C10H7BrClN3/c11-7-1-3-8(4-2-7)15-10-9(12)13-5-6-14-10/h1-6H,(H,14,15). The van der Waals surface area contributed by atoms with Crippen LogP contribution in [0.1, 0.15) is 0 Å². The Hall–Kier alpha value is -1.13. The summed E-state index contributed by atoms with van der Waals surface area (Å²) in [6.45, 7) is 0. The Labute approximate surface area is 101 Å². The molecule has 3 nitrogen and oxygen atoms in total. The van der Waals surface area contributed by atoms with E-state index in [0.29, 0.717) is 11.0 Å². The molecule has 0 amide bonds. The van der Waals surface area contributed by atoms with E-state index in [9.17, 15) is 0 Å². The molecule has 0 saturated carbocycles. The van der Waals surface area contributed by atoms with Crippen LogP contribution in [0.25, 0.3) is 0 Å². The summed E-state index contributed by atoms with van der Waals surface area (Å²) >= 11 is 9.22. The maximum absolute atomic E-state index is 5.86. The first-order valence-electron chi connectivity index (χ1n) is 4.25. The number of halogens is 2. The van der Waals surface area contributed by atoms with Crippen LogP contribution in [-0.4, -0.2) is 9.97 Å². The van der Waals surface area contributed by atoms with Gasteiger partial charge in [-0.25, -0.2) is 9.97 Å². The van der Waals surface area contributed by atoms with E-state index in [1.165, 1.54) is 0 Å². The van der Waals surface area contributed by atoms with Crippen molar-refractivity contribution in [3.8, 4) is 0 Å². The zero-order valence-corrected chi connectivity index (χ0v) is 9.96. The lowest BCUT2D eigenvalue weighted by Gasteiger charge is -2.05. The fourth-order valence-electron chi connectivity index (χ4n) is 1.07. The summed E-state index contributed by atoms with van der Waals surface area (Å²) in [5.41, 5.74) is 0.917. The van der Waals surface area contributed by atoms with Crippen molar-refractivity contribution in [2.45, 2.75) is 0 Å². The average Bonchev–Trinajstić information content (AvgIpc) is 2.25. The Bertz CT molecular complexity index is 458. The predicted molar refractivity (Wildman–Crippen MR) is 64.5 cm³/mol. The molecule has 0 saturated heterocycles. The van der Waals surface area contributed by atoms with Gasteiger partial charge in [-0.3, -0.25) is 0 Å². The highest BCUT2D eigenvalue weighted by atomic mass is 79.9. The average molecular weight is 285 g/mol. The van der Waals surface area contributed by atoms with Crippen molar-refractivity contribution < 1.29 is 0 Å². The summed E-state index contributed by atoms with van der Waals surface area (Å²) < 4.78 is 1.03. The molecule has 1 aromatic carbocycles. The van der Waals surface area contributed by atoms with Gasteiger partial charge < -0.3 is 5.32 Å². The van der Waals surface area contributed by atoms with Crippen molar-refractivity contribution in [2.24, 2.45) is 0 Å². The van der Waals surface area contributed by atoms with Crippen LogP contribution >= 0.6 is 27.5 Å². The molecule has 0 unspecified atom stereocenters. The third-order valence-electron chi connectivity index (χ3n) is 1.76. The molecule has 0 spiro atoms. The Morgan fingerprint density at radius 2 is 1.73 bits per heavy atom. The first kappa shape index (κ1) is 10.4. The van der Waals surface area contributed by atoms with Crippen molar-refractivity contribution in [1.82, 2.24) is 9.97 Å². The fraction of sp³-hybridized carbons (Fsp3) is 0. The van der Waals surface area contributed by atoms with E-state index in [-0.39, 0.29) is 0 Å². The smallest absolute Gasteiger partial charge is 0.171 e. The molecule has 1 aromatic heterocycles. The Morgan fingerprint density at radius 1 is 1.07 bits per heavy atom. The molecule has 2 rings (SSSR count). The maximum Gasteiger partial charge on any atom is 0.171 e. The van der Waals surface area contributed by atoms with Gasteiger partial charge in [0.25, 0.3) is 0 Å². The SMILES string of the molecule is Clc1nccnc1Nc1ccc(Br)cc1. The Kier molecular flexibility index (Phi) is 3.18. The lowest BCUT2D eigenvalue weighted by Crippen LogP contribution is -1.94. The van der Waals surface area contributed by atoms with Crippen LogP contribution in [0, 0.1) is 0 Å². The third-order valence-corrected chi connectivity index (χ3v) is 2.57. The fourth-order valence-corrected chi connectivity index (χ4v) is 1.49. The van der Waals surface area contributed by atoms with Gasteiger partial charge >= 0.3 is 0 Å². The summed E-state index contributed by atoms with van der Waals surface area (Å²) in [6, 6.07) is 7.73. The van der Waals surface area contributed by atoms with Gasteiger partial charge in [-0.15, -0.1) is 0 Å². The molecule has 5 heteroatoms. The quantitative estimate of drug-likeness (QED) is 0.915. The Morgan fingerprint density at radius 3 is 2.40 bits per heavy atom. The predicted octanol–water partition coefficient (Wildman–Crippen LogP) is 3.64. The Balaban J connectivity index is 2.22. The van der Waals surface area contributed by atoms with Gasteiger partial charge in [0.15, 0.2) is 11.0 Å². The molecule has 0 atom stereocenters. The number of nitrogens with one attached hydrogen (secondary N) is 1. The van der Waals surface area contributed by atoms with Crippen LogP contribution in [0.4, 0.5) is 11.5 Å². The van der Waals surface area contributed by atoms with Crippen LogP contribution in [0.5, 0.6) is 0 Å². The van der Waals surface area contributed by atoms with E-state index in [1.54, 1.807) is 12.4 Å². The van der Waals surface area contributed by atoms with E-state index in [1.807, 2.05) is 24.3 Å². The van der Waals surface area contributed by atoms with Crippen LogP contribution in [0.15, 0.2) is 41.1 Å². The molecule has 2 aromatic rings. The molecule has 1 heterocycles. The van der Waals surface area contributed by atoms with E-state index in [4.69, 9.17) is 11.6 Å². The molecule has 0 aliphatic carbocycles. The van der Waals surface area contributed by atoms with Crippen molar-refractivity contribution in [3.63, 3.8) is 0 Å². The van der Waals surface area contributed by atoms with Crippen molar-refractivity contribution >= 4 is 39.0 Å². The van der Waals surface area contributed by atoms with Gasteiger partial charge in [-0.05, 0) is 24.3 Å². The first-order chi connectivity index (χ1) is 7.25. The number of benzene rings is 1. The lowest BCUT2D eigenvalue weighted by molar-refractivity contribution is 1.20. The summed E-state index contributed by atoms with van der Waals surface area (Å²) in [6.07, 6.45) is 3.14. The van der Waals surface area contributed by atoms with E-state index in [0.717, 1.165) is 10.2 Å². The minimum atomic E-state index is 0.361. The largest absolute Gasteiger partial charge is 0.338 e. The molecule has 1 N–H and O–H groups in total. The number of hydrogen-bond acceptors (Lipinski definition) is 3. The molecular weight excluding hydrogens is 277 g/mol. The number of rotatable bonds is 2. The maximum atomic E-state index is 5.86. The van der Waals surface area contributed by atoms with Crippen molar-refractivity contribution in [1.29, 1.82) is 0 Å². The van der Waals surface area contributed by atoms with Gasteiger partial charge in [-0.1, -0.05) is 27.5 Å². The normalized spacial score (nSPS) is 10.0. The molecular formula is C10H7BrClN3. The first-order valence-corrected chi connectivity index (χ1v) is 5.42. The molecule has 0 bridgehead atoms. The molecule has 0 radical (unpaired) electrons. The number of aromatic nitrogens is 2. The van der Waals surface area contributed by atoms with E-state index in [2.05, 4.69) is 31.2 Å². The zero-order valence-electron chi connectivity index (χ0n) is 7.61. The van der Waals surface area contributed by atoms with E-state index >= 15 is 0 Å². The highest BCUT2D eigenvalue weighted by Crippen LogP contribution is 2.21. The van der Waals surface area contributed by atoms with Gasteiger partial charge in [0.1, 0.15) is 0 Å². The lowest BCUT2D eigenvalue weighted by atomic mass is 10.3. The summed E-state index contributed by atoms with van der Waals surface area (Å²) in [7, 11) is 0. The van der Waals surface area contributed by atoms with Crippen LogP contribution in [-0.2, 0) is 0 Å². The number of hydrogen-bond donors (Lipinski definition) is 1. The van der Waals surface area contributed by atoms with Crippen molar-refractivity contribution in [3.05, 3.63) is 46.3 Å². The highest BCUT2D eigenvalue weighted by Gasteiger charge is 2.01. The highest BCUT2D eigenvalue weighted by molar-refractivity contribution is 9.10. The van der Waals surface area contributed by atoms with Gasteiger partial charge in [0.05, 0.1) is 0 Å². The van der Waals surface area contributed by atoms with E-state index < -0.39 is 0 Å². The van der Waals surface area contributed by atoms with Crippen LogP contribution in [0.2, 0.25) is 5.15 Å². The van der Waals surface area contributed by atoms with Crippen molar-refractivity contribution in [2.75, 3.05) is 5.32 Å². The topological polar surface area (TPSA) is 37.8 Å². The minimum Gasteiger partial charge on any atom is -0.338 e. The third kappa shape index (κ3) is 2.67.